The van der Waals surface area contributed by atoms with Crippen molar-refractivity contribution in [3.8, 4) is 0 Å². The van der Waals surface area contributed by atoms with Gasteiger partial charge >= 0.3 is 5.97 Å². The van der Waals surface area contributed by atoms with E-state index in [0.29, 0.717) is 13.0 Å². The van der Waals surface area contributed by atoms with Crippen LogP contribution in [0.4, 0.5) is 0 Å². The molecule has 0 atom stereocenters. The number of nitrogens with zero attached hydrogens (tertiary/aromatic N) is 2. The van der Waals surface area contributed by atoms with Crippen LogP contribution in [0.3, 0.4) is 0 Å². The van der Waals surface area contributed by atoms with Gasteiger partial charge in [0.15, 0.2) is 0 Å². The Balaban J connectivity index is 2.16. The van der Waals surface area contributed by atoms with E-state index >= 15 is 0 Å². The van der Waals surface area contributed by atoms with Crippen LogP contribution in [0.15, 0.2) is 0 Å². The van der Waals surface area contributed by atoms with Crippen LogP contribution in [-0.4, -0.2) is 68.1 Å². The fourth-order valence-electron chi connectivity index (χ4n) is 1.74. The normalized spacial score (nSPS) is 18.3. The standard InChI is InChI=1S/C10H19N3O3/c1-16-10(15)2-3-12-4-6-13(7-5-12)8-9(11)14/h2-8H2,1H3,(H2,11,14). The number of hydrogen-bond donors (Lipinski definition) is 1. The zero-order valence-electron chi connectivity index (χ0n) is 9.65. The van der Waals surface area contributed by atoms with E-state index in [2.05, 4.69) is 9.64 Å². The number of nitrogens with two attached hydrogens (primary N) is 1. The Kier molecular flexibility index (Phi) is 5.21. The predicted octanol–water partition coefficient (Wildman–Crippen LogP) is -1.35. The maximum Gasteiger partial charge on any atom is 0.306 e. The van der Waals surface area contributed by atoms with Gasteiger partial charge < -0.3 is 15.4 Å². The van der Waals surface area contributed by atoms with Crippen LogP contribution in [0.5, 0.6) is 0 Å². The molecule has 1 fully saturated rings. The van der Waals surface area contributed by atoms with Gasteiger partial charge in [-0.3, -0.25) is 14.5 Å². The van der Waals surface area contributed by atoms with E-state index in [1.165, 1.54) is 7.11 Å². The number of rotatable bonds is 5. The largest absolute Gasteiger partial charge is 0.469 e. The molecule has 92 valence electrons. The quantitative estimate of drug-likeness (QED) is 0.590. The first kappa shape index (κ1) is 12.9. The highest BCUT2D eigenvalue weighted by atomic mass is 16.5. The number of amides is 1. The minimum absolute atomic E-state index is 0.181. The molecule has 0 bridgehead atoms. The molecule has 0 aromatic heterocycles. The third kappa shape index (κ3) is 4.59. The highest BCUT2D eigenvalue weighted by Crippen LogP contribution is 2.02. The Labute approximate surface area is 95.3 Å². The molecule has 0 aromatic rings. The van der Waals surface area contributed by atoms with Gasteiger partial charge in [-0.05, 0) is 0 Å². The molecule has 2 N–H and O–H groups in total. The Hall–Kier alpha value is -1.14. The van der Waals surface area contributed by atoms with Crippen LogP contribution < -0.4 is 5.73 Å². The van der Waals surface area contributed by atoms with Gasteiger partial charge in [-0.25, -0.2) is 0 Å². The lowest BCUT2D eigenvalue weighted by Gasteiger charge is -2.33. The van der Waals surface area contributed by atoms with E-state index in [1.54, 1.807) is 0 Å². The van der Waals surface area contributed by atoms with Crippen molar-refractivity contribution in [2.24, 2.45) is 5.73 Å². The number of piperazine rings is 1. The number of carbonyl (C=O) groups is 2. The smallest absolute Gasteiger partial charge is 0.306 e. The summed E-state index contributed by atoms with van der Waals surface area (Å²) in [6.07, 6.45) is 0.423. The summed E-state index contributed by atoms with van der Waals surface area (Å²) in [5.41, 5.74) is 5.12. The topological polar surface area (TPSA) is 75.9 Å². The Morgan fingerprint density at radius 2 is 1.75 bits per heavy atom. The van der Waals surface area contributed by atoms with Crippen molar-refractivity contribution < 1.29 is 14.3 Å². The van der Waals surface area contributed by atoms with E-state index in [9.17, 15) is 9.59 Å². The molecule has 0 aliphatic carbocycles. The molecule has 0 spiro atoms. The van der Waals surface area contributed by atoms with Crippen molar-refractivity contribution >= 4 is 11.9 Å². The van der Waals surface area contributed by atoms with Gasteiger partial charge in [-0.15, -0.1) is 0 Å². The Morgan fingerprint density at radius 1 is 1.19 bits per heavy atom. The van der Waals surface area contributed by atoms with Gasteiger partial charge in [0.2, 0.25) is 5.91 Å². The minimum Gasteiger partial charge on any atom is -0.469 e. The molecule has 1 saturated heterocycles. The summed E-state index contributed by atoms with van der Waals surface area (Å²) in [7, 11) is 1.40. The van der Waals surface area contributed by atoms with Crippen LogP contribution in [-0.2, 0) is 14.3 Å². The molecule has 0 unspecified atom stereocenters. The highest BCUT2D eigenvalue weighted by Gasteiger charge is 2.18. The molecule has 1 amide bonds. The first-order valence-corrected chi connectivity index (χ1v) is 5.41. The van der Waals surface area contributed by atoms with Crippen LogP contribution in [0, 0.1) is 0 Å². The monoisotopic (exact) mass is 229 g/mol. The minimum atomic E-state index is -0.289. The lowest BCUT2D eigenvalue weighted by molar-refractivity contribution is -0.141. The van der Waals surface area contributed by atoms with Gasteiger partial charge in [0.05, 0.1) is 20.1 Å². The molecule has 6 nitrogen and oxygen atoms in total. The maximum absolute atomic E-state index is 10.9. The SMILES string of the molecule is COC(=O)CCN1CCN(CC(N)=O)CC1. The van der Waals surface area contributed by atoms with Crippen molar-refractivity contribution in [2.75, 3.05) is 46.4 Å². The second-order valence-electron chi connectivity index (χ2n) is 3.91. The number of ether oxygens (including phenoxy) is 1. The average Bonchev–Trinajstić information content (AvgIpc) is 2.27. The number of primary amides is 1. The summed E-state index contributed by atoms with van der Waals surface area (Å²) in [5, 5.41) is 0. The van der Waals surface area contributed by atoms with Gasteiger partial charge in [0, 0.05) is 32.7 Å². The van der Waals surface area contributed by atoms with Gasteiger partial charge in [0.1, 0.15) is 0 Å². The third-order valence-electron chi connectivity index (χ3n) is 2.70. The van der Waals surface area contributed by atoms with E-state index in [1.807, 2.05) is 4.90 Å². The predicted molar refractivity (Wildman–Crippen MR) is 58.7 cm³/mol. The van der Waals surface area contributed by atoms with E-state index < -0.39 is 0 Å². The Morgan fingerprint density at radius 3 is 2.25 bits per heavy atom. The summed E-state index contributed by atoms with van der Waals surface area (Å²) in [5.74, 6) is -0.470. The third-order valence-corrected chi connectivity index (χ3v) is 2.70. The van der Waals surface area contributed by atoms with Crippen molar-refractivity contribution in [2.45, 2.75) is 6.42 Å². The molecule has 1 rings (SSSR count). The van der Waals surface area contributed by atoms with E-state index in [-0.39, 0.29) is 11.9 Å². The summed E-state index contributed by atoms with van der Waals surface area (Å²) in [6.45, 7) is 4.42. The molecular weight excluding hydrogens is 210 g/mol. The van der Waals surface area contributed by atoms with Crippen LogP contribution in [0.25, 0.3) is 0 Å². The molecule has 6 heteroatoms. The number of hydrogen-bond acceptors (Lipinski definition) is 5. The van der Waals surface area contributed by atoms with Crippen LogP contribution in [0.1, 0.15) is 6.42 Å². The zero-order chi connectivity index (χ0) is 12.0. The molecular formula is C10H19N3O3. The lowest BCUT2D eigenvalue weighted by Crippen LogP contribution is -2.49. The van der Waals surface area contributed by atoms with Crippen molar-refractivity contribution in [1.82, 2.24) is 9.80 Å². The van der Waals surface area contributed by atoms with Crippen molar-refractivity contribution in [3.63, 3.8) is 0 Å². The Bertz CT molecular complexity index is 250. The second kappa shape index (κ2) is 6.44. The maximum atomic E-state index is 10.9. The molecule has 1 heterocycles. The van der Waals surface area contributed by atoms with Gasteiger partial charge in [0.25, 0.3) is 0 Å². The average molecular weight is 229 g/mol. The van der Waals surface area contributed by atoms with Crippen molar-refractivity contribution in [1.29, 1.82) is 0 Å². The number of carbonyl (C=O) groups excluding carboxylic acids is 2. The van der Waals surface area contributed by atoms with Crippen LogP contribution >= 0.6 is 0 Å². The number of methoxy groups -OCH3 is 1. The van der Waals surface area contributed by atoms with Gasteiger partial charge in [-0.2, -0.15) is 0 Å². The van der Waals surface area contributed by atoms with E-state index in [4.69, 9.17) is 5.73 Å². The number of esters is 1. The lowest BCUT2D eigenvalue weighted by atomic mass is 10.3. The molecule has 16 heavy (non-hydrogen) atoms. The van der Waals surface area contributed by atoms with Crippen LogP contribution in [0.2, 0.25) is 0 Å². The molecule has 0 aromatic carbocycles. The van der Waals surface area contributed by atoms with Crippen molar-refractivity contribution in [3.05, 3.63) is 0 Å². The summed E-state index contributed by atoms with van der Waals surface area (Å²) >= 11 is 0. The molecule has 0 saturated carbocycles. The summed E-state index contributed by atoms with van der Waals surface area (Å²) in [4.78, 5) is 25.9. The molecule has 0 radical (unpaired) electrons. The van der Waals surface area contributed by atoms with Gasteiger partial charge in [-0.1, -0.05) is 0 Å². The first-order valence-electron chi connectivity index (χ1n) is 5.41. The summed E-state index contributed by atoms with van der Waals surface area (Å²) < 4.78 is 4.58. The first-order chi connectivity index (χ1) is 7.61. The van der Waals surface area contributed by atoms with E-state index in [0.717, 1.165) is 32.7 Å². The molecule has 1 aliphatic heterocycles. The molecule has 1 aliphatic rings. The second-order valence-corrected chi connectivity index (χ2v) is 3.91. The zero-order valence-corrected chi connectivity index (χ0v) is 9.65. The fraction of sp³-hybridized carbons (Fsp3) is 0.800. The summed E-state index contributed by atoms with van der Waals surface area (Å²) in [6, 6.07) is 0. The fourth-order valence-corrected chi connectivity index (χ4v) is 1.74. The highest BCUT2D eigenvalue weighted by molar-refractivity contribution is 5.75.